The van der Waals surface area contributed by atoms with Crippen LogP contribution in [0.15, 0.2) is 67.8 Å². The van der Waals surface area contributed by atoms with E-state index in [2.05, 4.69) is 55.6 Å². The lowest BCUT2D eigenvalue weighted by Gasteiger charge is -2.09. The molecule has 0 fully saturated rings. The third-order valence-corrected chi connectivity index (χ3v) is 3.82. The molecule has 0 bridgehead atoms. The second-order valence-corrected chi connectivity index (χ2v) is 5.11. The minimum Gasteiger partial charge on any atom is -0.410 e. The van der Waals surface area contributed by atoms with Crippen LogP contribution in [-0.4, -0.2) is 16.4 Å². The van der Waals surface area contributed by atoms with Crippen LogP contribution in [-0.2, 0) is 4.43 Å². The Balaban J connectivity index is 2.08. The van der Waals surface area contributed by atoms with Crippen molar-refractivity contribution in [3.05, 3.63) is 67.8 Å². The Hall–Kier alpha value is -1.64. The SMILES string of the molecule is C=CC(C=C)CO[Si]c1cccc2ccccc12. The molecule has 0 heterocycles. The van der Waals surface area contributed by atoms with Crippen LogP contribution in [0.3, 0.4) is 0 Å². The highest BCUT2D eigenvalue weighted by Gasteiger charge is 2.04. The zero-order chi connectivity index (χ0) is 12.8. The fourth-order valence-corrected chi connectivity index (χ4v) is 2.70. The molecule has 2 heteroatoms. The summed E-state index contributed by atoms with van der Waals surface area (Å²) < 4.78 is 5.76. The average molecular weight is 252 g/mol. The standard InChI is InChI=1S/C16H16OSi/c1-3-13(4-2)12-17-18-16-11-7-9-14-8-5-6-10-15(14)16/h3-11,13H,1-2,12H2. The van der Waals surface area contributed by atoms with Crippen LogP contribution >= 0.6 is 0 Å². The van der Waals surface area contributed by atoms with E-state index in [4.69, 9.17) is 4.43 Å². The first-order chi connectivity index (χ1) is 8.85. The molecule has 0 aliphatic rings. The quantitative estimate of drug-likeness (QED) is 0.567. The molecule has 90 valence electrons. The van der Waals surface area contributed by atoms with Gasteiger partial charge in [-0.1, -0.05) is 54.6 Å². The van der Waals surface area contributed by atoms with E-state index in [0.29, 0.717) is 16.4 Å². The van der Waals surface area contributed by atoms with Gasteiger partial charge < -0.3 is 4.43 Å². The van der Waals surface area contributed by atoms with Gasteiger partial charge in [-0.05, 0) is 16.0 Å². The van der Waals surface area contributed by atoms with E-state index in [1.807, 2.05) is 12.2 Å². The number of rotatable bonds is 6. The molecule has 0 spiro atoms. The highest BCUT2D eigenvalue weighted by molar-refractivity contribution is 6.51. The van der Waals surface area contributed by atoms with E-state index in [9.17, 15) is 0 Å². The predicted molar refractivity (Wildman–Crippen MR) is 79.2 cm³/mol. The van der Waals surface area contributed by atoms with E-state index < -0.39 is 0 Å². The van der Waals surface area contributed by atoms with Gasteiger partial charge in [-0.3, -0.25) is 0 Å². The van der Waals surface area contributed by atoms with Crippen LogP contribution in [0.5, 0.6) is 0 Å². The molecule has 18 heavy (non-hydrogen) atoms. The lowest BCUT2D eigenvalue weighted by molar-refractivity contribution is 0.319. The highest BCUT2D eigenvalue weighted by Crippen LogP contribution is 2.10. The molecule has 2 rings (SSSR count). The lowest BCUT2D eigenvalue weighted by atomic mass is 10.1. The van der Waals surface area contributed by atoms with E-state index in [-0.39, 0.29) is 5.92 Å². The van der Waals surface area contributed by atoms with Gasteiger partial charge in [-0.2, -0.15) is 0 Å². The minimum atomic E-state index is 0.229. The molecule has 0 saturated carbocycles. The number of benzene rings is 2. The number of hydrogen-bond donors (Lipinski definition) is 0. The number of fused-ring (bicyclic) bond motifs is 1. The van der Waals surface area contributed by atoms with Gasteiger partial charge in [0.05, 0.1) is 0 Å². The summed E-state index contributed by atoms with van der Waals surface area (Å²) in [5.74, 6) is 0.229. The fourth-order valence-electron chi connectivity index (χ4n) is 1.76. The van der Waals surface area contributed by atoms with Gasteiger partial charge in [0.2, 0.25) is 0 Å². The molecule has 0 N–H and O–H groups in total. The summed E-state index contributed by atoms with van der Waals surface area (Å²) in [6, 6.07) is 14.7. The molecule has 0 atom stereocenters. The van der Waals surface area contributed by atoms with Crippen molar-refractivity contribution in [1.29, 1.82) is 0 Å². The van der Waals surface area contributed by atoms with Crippen LogP contribution in [0.2, 0.25) is 0 Å². The van der Waals surface area contributed by atoms with Gasteiger partial charge in [0.1, 0.15) is 0 Å². The van der Waals surface area contributed by atoms with Crippen molar-refractivity contribution in [3.63, 3.8) is 0 Å². The monoisotopic (exact) mass is 252 g/mol. The van der Waals surface area contributed by atoms with E-state index in [0.717, 1.165) is 0 Å². The van der Waals surface area contributed by atoms with Crippen molar-refractivity contribution in [3.8, 4) is 0 Å². The van der Waals surface area contributed by atoms with Crippen LogP contribution in [0.25, 0.3) is 10.8 Å². The van der Waals surface area contributed by atoms with Gasteiger partial charge in [-0.25, -0.2) is 0 Å². The molecule has 2 radical (unpaired) electrons. The second-order valence-electron chi connectivity index (χ2n) is 4.08. The first kappa shape index (κ1) is 12.8. The van der Waals surface area contributed by atoms with E-state index >= 15 is 0 Å². The largest absolute Gasteiger partial charge is 0.410 e. The van der Waals surface area contributed by atoms with Crippen LogP contribution in [0.4, 0.5) is 0 Å². The van der Waals surface area contributed by atoms with Crippen molar-refractivity contribution in [2.45, 2.75) is 0 Å². The van der Waals surface area contributed by atoms with Gasteiger partial charge in [0, 0.05) is 12.5 Å². The smallest absolute Gasteiger partial charge is 0.269 e. The van der Waals surface area contributed by atoms with Crippen LogP contribution < -0.4 is 5.19 Å². The van der Waals surface area contributed by atoms with E-state index in [1.165, 1.54) is 16.0 Å². The zero-order valence-corrected chi connectivity index (χ0v) is 11.3. The Bertz CT molecular complexity index is 534. The maximum absolute atomic E-state index is 5.76. The third-order valence-electron chi connectivity index (χ3n) is 2.85. The van der Waals surface area contributed by atoms with Crippen LogP contribution in [0.1, 0.15) is 0 Å². The van der Waals surface area contributed by atoms with Gasteiger partial charge in [0.25, 0.3) is 9.76 Å². The van der Waals surface area contributed by atoms with Gasteiger partial charge >= 0.3 is 0 Å². The van der Waals surface area contributed by atoms with Crippen molar-refractivity contribution in [2.24, 2.45) is 5.92 Å². The molecular formula is C16H16OSi. The maximum Gasteiger partial charge on any atom is 0.269 e. The average Bonchev–Trinajstić information content (AvgIpc) is 2.44. The first-order valence-electron chi connectivity index (χ1n) is 5.96. The summed E-state index contributed by atoms with van der Waals surface area (Å²) in [6.45, 7) is 8.17. The normalized spacial score (nSPS) is 10.7. The summed E-state index contributed by atoms with van der Waals surface area (Å²) in [5.41, 5.74) is 0. The van der Waals surface area contributed by atoms with Crippen molar-refractivity contribution in [1.82, 2.24) is 0 Å². The Morgan fingerprint density at radius 1 is 1.06 bits per heavy atom. The topological polar surface area (TPSA) is 9.23 Å². The Labute approximate surface area is 111 Å². The zero-order valence-electron chi connectivity index (χ0n) is 10.3. The maximum atomic E-state index is 5.76. The predicted octanol–water partition coefficient (Wildman–Crippen LogP) is 3.09. The summed E-state index contributed by atoms with van der Waals surface area (Å²) in [7, 11) is 0.362. The second kappa shape index (κ2) is 6.33. The van der Waals surface area contributed by atoms with Gasteiger partial charge in [0.15, 0.2) is 0 Å². The Morgan fingerprint density at radius 3 is 2.56 bits per heavy atom. The summed E-state index contributed by atoms with van der Waals surface area (Å²) in [5, 5.41) is 3.78. The molecule has 0 unspecified atom stereocenters. The third kappa shape index (κ3) is 2.97. The van der Waals surface area contributed by atoms with Gasteiger partial charge in [-0.15, -0.1) is 13.2 Å². The molecule has 0 amide bonds. The summed E-state index contributed by atoms with van der Waals surface area (Å²) in [4.78, 5) is 0. The Morgan fingerprint density at radius 2 is 1.78 bits per heavy atom. The molecule has 2 aromatic rings. The molecule has 2 aromatic carbocycles. The fraction of sp³-hybridized carbons (Fsp3) is 0.125. The molecule has 0 aromatic heterocycles. The molecule has 0 saturated heterocycles. The first-order valence-corrected chi connectivity index (χ1v) is 6.86. The molecule has 0 aliphatic carbocycles. The van der Waals surface area contributed by atoms with Crippen molar-refractivity contribution in [2.75, 3.05) is 6.61 Å². The van der Waals surface area contributed by atoms with Crippen molar-refractivity contribution < 1.29 is 4.43 Å². The molecule has 0 aliphatic heterocycles. The number of hydrogen-bond acceptors (Lipinski definition) is 1. The Kier molecular flexibility index (Phi) is 4.50. The van der Waals surface area contributed by atoms with Crippen molar-refractivity contribution >= 4 is 25.7 Å². The highest BCUT2D eigenvalue weighted by atomic mass is 28.2. The lowest BCUT2D eigenvalue weighted by Crippen LogP contribution is -2.20. The summed E-state index contributed by atoms with van der Waals surface area (Å²) in [6.07, 6.45) is 3.72. The van der Waals surface area contributed by atoms with E-state index in [1.54, 1.807) is 0 Å². The molecular weight excluding hydrogens is 236 g/mol. The molecule has 1 nitrogen and oxygen atoms in total. The summed E-state index contributed by atoms with van der Waals surface area (Å²) >= 11 is 0. The van der Waals surface area contributed by atoms with Crippen LogP contribution in [0, 0.1) is 5.92 Å². The minimum absolute atomic E-state index is 0.229.